The summed E-state index contributed by atoms with van der Waals surface area (Å²) < 4.78 is 0. The van der Waals surface area contributed by atoms with Gasteiger partial charge in [0.25, 0.3) is 0 Å². The van der Waals surface area contributed by atoms with Gasteiger partial charge in [-0.25, -0.2) is 0 Å². The van der Waals surface area contributed by atoms with E-state index in [1.54, 1.807) is 0 Å². The highest BCUT2D eigenvalue weighted by atomic mass is 14.6. The Morgan fingerprint density at radius 2 is 1.74 bits per heavy atom. The molecule has 2 atom stereocenters. The van der Waals surface area contributed by atoms with Crippen LogP contribution in [0.5, 0.6) is 0 Å². The minimum atomic E-state index is 0.495. The van der Waals surface area contributed by atoms with Crippen LogP contribution in [0.25, 0.3) is 0 Å². The third kappa shape index (κ3) is 3.82. The molecular weight excluding hydrogens is 230 g/mol. The van der Waals surface area contributed by atoms with Gasteiger partial charge in [0.05, 0.1) is 0 Å². The summed E-state index contributed by atoms with van der Waals surface area (Å²) in [5, 5.41) is 0. The Morgan fingerprint density at radius 1 is 1.11 bits per heavy atom. The molecule has 2 rings (SSSR count). The zero-order valence-corrected chi connectivity index (χ0v) is 13.0. The summed E-state index contributed by atoms with van der Waals surface area (Å²) in [5.74, 6) is 1.48. The number of nitrogens with two attached hydrogens (primary N) is 1. The lowest BCUT2D eigenvalue weighted by Crippen LogP contribution is -2.35. The molecule has 1 aromatic carbocycles. The van der Waals surface area contributed by atoms with Gasteiger partial charge in [0.15, 0.2) is 0 Å². The van der Waals surface area contributed by atoms with Crippen molar-refractivity contribution in [2.24, 2.45) is 23.0 Å². The molecule has 19 heavy (non-hydrogen) atoms. The minimum absolute atomic E-state index is 0.495. The molecule has 1 aliphatic carbocycles. The van der Waals surface area contributed by atoms with E-state index in [1.807, 2.05) is 0 Å². The van der Waals surface area contributed by atoms with Crippen molar-refractivity contribution in [3.05, 3.63) is 34.9 Å². The Morgan fingerprint density at radius 3 is 2.32 bits per heavy atom. The lowest BCUT2D eigenvalue weighted by Gasteiger charge is -2.40. The zero-order chi connectivity index (χ0) is 14.0. The Kier molecular flexibility index (Phi) is 4.35. The molecular formula is C18H29N. The highest BCUT2D eigenvalue weighted by Gasteiger charge is 2.33. The molecule has 1 aromatic rings. The molecule has 0 aliphatic heterocycles. The fourth-order valence-corrected chi connectivity index (χ4v) is 3.83. The Bertz CT molecular complexity index is 413. The van der Waals surface area contributed by atoms with Gasteiger partial charge in [-0.05, 0) is 68.9 Å². The summed E-state index contributed by atoms with van der Waals surface area (Å²) in [6.45, 7) is 10.1. The van der Waals surface area contributed by atoms with E-state index >= 15 is 0 Å². The molecule has 1 fully saturated rings. The molecule has 1 aliphatic rings. The van der Waals surface area contributed by atoms with Crippen LogP contribution < -0.4 is 5.73 Å². The molecule has 0 heterocycles. The van der Waals surface area contributed by atoms with Crippen molar-refractivity contribution in [1.29, 1.82) is 0 Å². The van der Waals surface area contributed by atoms with E-state index in [-0.39, 0.29) is 0 Å². The minimum Gasteiger partial charge on any atom is -0.330 e. The average molecular weight is 259 g/mol. The Hall–Kier alpha value is -0.820. The van der Waals surface area contributed by atoms with E-state index in [2.05, 4.69) is 45.9 Å². The standard InChI is InChI=1S/C18H29N/c1-13-7-14(2)9-15(8-13)10-17-11-18(3,4)6-5-16(17)12-19/h7-9,16-17H,5-6,10-12,19H2,1-4H3. The third-order valence-corrected chi connectivity index (χ3v) is 4.76. The van der Waals surface area contributed by atoms with Crippen LogP contribution in [0.3, 0.4) is 0 Å². The molecule has 0 bridgehead atoms. The predicted octanol–water partition coefficient (Wildman–Crippen LogP) is 4.25. The molecule has 0 amide bonds. The van der Waals surface area contributed by atoms with Crippen LogP contribution >= 0.6 is 0 Å². The SMILES string of the molecule is Cc1cc(C)cc(CC2CC(C)(C)CCC2CN)c1. The lowest BCUT2D eigenvalue weighted by molar-refractivity contribution is 0.121. The van der Waals surface area contributed by atoms with Gasteiger partial charge < -0.3 is 5.73 Å². The van der Waals surface area contributed by atoms with E-state index in [1.165, 1.54) is 42.4 Å². The maximum atomic E-state index is 6.00. The van der Waals surface area contributed by atoms with E-state index in [0.29, 0.717) is 11.3 Å². The molecule has 1 nitrogen and oxygen atoms in total. The first-order valence-electron chi connectivity index (χ1n) is 7.67. The topological polar surface area (TPSA) is 26.0 Å². The summed E-state index contributed by atoms with van der Waals surface area (Å²) in [6.07, 6.45) is 5.16. The second kappa shape index (κ2) is 5.66. The van der Waals surface area contributed by atoms with Crippen LogP contribution in [0.2, 0.25) is 0 Å². The van der Waals surface area contributed by atoms with E-state index in [0.717, 1.165) is 12.5 Å². The first-order valence-corrected chi connectivity index (χ1v) is 7.67. The first kappa shape index (κ1) is 14.6. The maximum absolute atomic E-state index is 6.00. The van der Waals surface area contributed by atoms with Gasteiger partial charge in [0.1, 0.15) is 0 Å². The second-order valence-corrected chi connectivity index (χ2v) is 7.36. The van der Waals surface area contributed by atoms with Crippen molar-refractivity contribution in [2.75, 3.05) is 6.54 Å². The molecule has 0 aromatic heterocycles. The van der Waals surface area contributed by atoms with Gasteiger partial charge in [-0.3, -0.25) is 0 Å². The number of benzene rings is 1. The summed E-state index contributed by atoms with van der Waals surface area (Å²) in [6, 6.07) is 6.96. The number of rotatable bonds is 3. The lowest BCUT2D eigenvalue weighted by atomic mass is 9.65. The molecule has 1 saturated carbocycles. The van der Waals surface area contributed by atoms with Crippen LogP contribution in [0, 0.1) is 31.1 Å². The van der Waals surface area contributed by atoms with E-state index in [9.17, 15) is 0 Å². The van der Waals surface area contributed by atoms with Gasteiger partial charge >= 0.3 is 0 Å². The summed E-state index contributed by atoms with van der Waals surface area (Å²) in [5.41, 5.74) is 10.8. The van der Waals surface area contributed by atoms with Crippen molar-refractivity contribution in [2.45, 2.75) is 53.4 Å². The fourth-order valence-electron chi connectivity index (χ4n) is 3.83. The summed E-state index contributed by atoms with van der Waals surface area (Å²) >= 11 is 0. The fraction of sp³-hybridized carbons (Fsp3) is 0.667. The molecule has 0 radical (unpaired) electrons. The average Bonchev–Trinajstić information content (AvgIpc) is 2.26. The molecule has 106 valence electrons. The van der Waals surface area contributed by atoms with Gasteiger partial charge in [-0.2, -0.15) is 0 Å². The van der Waals surface area contributed by atoms with Gasteiger partial charge in [0, 0.05) is 0 Å². The molecule has 2 N–H and O–H groups in total. The number of hydrogen-bond donors (Lipinski definition) is 1. The zero-order valence-electron chi connectivity index (χ0n) is 13.0. The first-order chi connectivity index (χ1) is 8.89. The van der Waals surface area contributed by atoms with Gasteiger partial charge in [-0.1, -0.05) is 43.2 Å². The molecule has 0 saturated heterocycles. The van der Waals surface area contributed by atoms with Crippen LogP contribution in [-0.2, 0) is 6.42 Å². The monoisotopic (exact) mass is 259 g/mol. The quantitative estimate of drug-likeness (QED) is 0.863. The van der Waals surface area contributed by atoms with Crippen molar-refractivity contribution in [1.82, 2.24) is 0 Å². The number of aryl methyl sites for hydroxylation is 2. The van der Waals surface area contributed by atoms with Crippen molar-refractivity contribution in [3.63, 3.8) is 0 Å². The smallest absolute Gasteiger partial charge is 0.00461 e. The molecule has 2 unspecified atom stereocenters. The van der Waals surface area contributed by atoms with Gasteiger partial charge in [0.2, 0.25) is 0 Å². The van der Waals surface area contributed by atoms with E-state index < -0.39 is 0 Å². The maximum Gasteiger partial charge on any atom is -0.00461 e. The highest BCUT2D eigenvalue weighted by molar-refractivity contribution is 5.29. The van der Waals surface area contributed by atoms with E-state index in [4.69, 9.17) is 5.73 Å². The highest BCUT2D eigenvalue weighted by Crippen LogP contribution is 2.42. The largest absolute Gasteiger partial charge is 0.330 e. The van der Waals surface area contributed by atoms with Crippen LogP contribution in [0.1, 0.15) is 49.8 Å². The van der Waals surface area contributed by atoms with Crippen LogP contribution in [0.15, 0.2) is 18.2 Å². The third-order valence-electron chi connectivity index (χ3n) is 4.76. The summed E-state index contributed by atoms with van der Waals surface area (Å²) in [4.78, 5) is 0. The van der Waals surface area contributed by atoms with Gasteiger partial charge in [-0.15, -0.1) is 0 Å². The van der Waals surface area contributed by atoms with Crippen molar-refractivity contribution in [3.8, 4) is 0 Å². The second-order valence-electron chi connectivity index (χ2n) is 7.36. The normalized spacial score (nSPS) is 26.4. The Labute approximate surface area is 118 Å². The molecule has 1 heteroatoms. The molecule has 0 spiro atoms. The summed E-state index contributed by atoms with van der Waals surface area (Å²) in [7, 11) is 0. The van der Waals surface area contributed by atoms with Crippen molar-refractivity contribution < 1.29 is 0 Å². The predicted molar refractivity (Wildman–Crippen MR) is 83.3 cm³/mol. The van der Waals surface area contributed by atoms with Crippen LogP contribution in [-0.4, -0.2) is 6.54 Å². The number of hydrogen-bond acceptors (Lipinski definition) is 1. The van der Waals surface area contributed by atoms with Crippen LogP contribution in [0.4, 0.5) is 0 Å². The Balaban J connectivity index is 2.14. The van der Waals surface area contributed by atoms with Crippen molar-refractivity contribution >= 4 is 0 Å².